The monoisotopic (exact) mass is 493 g/mol. The molecule has 0 unspecified atom stereocenters. The first-order valence-electron chi connectivity index (χ1n) is 12.0. The molecule has 0 aromatic heterocycles. The lowest BCUT2D eigenvalue weighted by molar-refractivity contribution is -0.141. The number of nitrogens with zero attached hydrogens (tertiary/aromatic N) is 1. The molecule has 0 saturated carbocycles. The molecule has 0 aliphatic carbocycles. The number of amides is 3. The van der Waals surface area contributed by atoms with Crippen LogP contribution in [0.2, 0.25) is 0 Å². The molecule has 2 aromatic carbocycles. The van der Waals surface area contributed by atoms with Crippen molar-refractivity contribution >= 4 is 23.4 Å². The molecule has 9 heteroatoms. The van der Waals surface area contributed by atoms with E-state index in [1.54, 1.807) is 30.9 Å². The summed E-state index contributed by atoms with van der Waals surface area (Å²) in [6.07, 6.45) is 0.526. The van der Waals surface area contributed by atoms with Crippen LogP contribution in [-0.4, -0.2) is 66.7 Å². The Morgan fingerprint density at radius 2 is 1.72 bits per heavy atom. The first kappa shape index (κ1) is 26.9. The van der Waals surface area contributed by atoms with Gasteiger partial charge in [-0.1, -0.05) is 48.5 Å². The average molecular weight is 494 g/mol. The van der Waals surface area contributed by atoms with E-state index in [0.29, 0.717) is 5.75 Å². The van der Waals surface area contributed by atoms with E-state index in [4.69, 9.17) is 15.9 Å². The summed E-state index contributed by atoms with van der Waals surface area (Å²) in [4.78, 5) is 41.1. The van der Waals surface area contributed by atoms with Gasteiger partial charge in [0.05, 0.1) is 5.54 Å². The molecule has 5 N–H and O–H groups in total. The molecule has 2 atom stereocenters. The van der Waals surface area contributed by atoms with Gasteiger partial charge < -0.3 is 31.4 Å². The summed E-state index contributed by atoms with van der Waals surface area (Å²) >= 11 is 0. The fraction of sp³-hybridized carbons (Fsp3) is 0.407. The van der Waals surface area contributed by atoms with Gasteiger partial charge in [-0.25, -0.2) is 0 Å². The molecular formula is C27H35N5O4. The molecule has 3 rings (SSSR count). The van der Waals surface area contributed by atoms with Gasteiger partial charge in [0.2, 0.25) is 17.7 Å². The van der Waals surface area contributed by atoms with E-state index in [9.17, 15) is 14.4 Å². The molecule has 1 aliphatic heterocycles. The van der Waals surface area contributed by atoms with Crippen LogP contribution in [0.3, 0.4) is 0 Å². The maximum atomic E-state index is 13.7. The summed E-state index contributed by atoms with van der Waals surface area (Å²) in [5.41, 5.74) is 4.71. The predicted molar refractivity (Wildman–Crippen MR) is 138 cm³/mol. The molecule has 3 amide bonds. The summed E-state index contributed by atoms with van der Waals surface area (Å²) in [5.74, 6) is -0.652. The molecule has 36 heavy (non-hydrogen) atoms. The van der Waals surface area contributed by atoms with Gasteiger partial charge in [-0.05, 0) is 38.0 Å². The number of hydrogen-bond donors (Lipinski definition) is 4. The normalized spacial score (nSPS) is 18.8. The van der Waals surface area contributed by atoms with E-state index in [1.165, 1.54) is 7.05 Å². The molecule has 9 nitrogen and oxygen atoms in total. The first-order valence-corrected chi connectivity index (χ1v) is 12.0. The maximum absolute atomic E-state index is 13.7. The molecule has 0 bridgehead atoms. The van der Waals surface area contributed by atoms with Gasteiger partial charge >= 0.3 is 0 Å². The average Bonchev–Trinajstić information content (AvgIpc) is 2.87. The molecule has 192 valence electrons. The lowest BCUT2D eigenvalue weighted by atomic mass is 9.72. The molecule has 1 aliphatic rings. The second kappa shape index (κ2) is 11.3. The lowest BCUT2D eigenvalue weighted by Crippen LogP contribution is -2.63. The molecule has 2 aromatic rings. The minimum absolute atomic E-state index is 0.0168. The third kappa shape index (κ3) is 6.28. The van der Waals surface area contributed by atoms with Gasteiger partial charge in [0, 0.05) is 32.3 Å². The summed E-state index contributed by atoms with van der Waals surface area (Å²) in [6.45, 7) is 3.28. The zero-order chi connectivity index (χ0) is 26.3. The number of rotatable bonds is 9. The summed E-state index contributed by atoms with van der Waals surface area (Å²) in [6, 6.07) is 17.4. The Morgan fingerprint density at radius 3 is 2.31 bits per heavy atom. The lowest BCUT2D eigenvalue weighted by Gasteiger charge is -2.43. The molecule has 1 heterocycles. The van der Waals surface area contributed by atoms with Crippen LogP contribution in [0.5, 0.6) is 5.75 Å². The van der Waals surface area contributed by atoms with Gasteiger partial charge in [0.25, 0.3) is 0 Å². The van der Waals surface area contributed by atoms with Gasteiger partial charge in [-0.2, -0.15) is 0 Å². The van der Waals surface area contributed by atoms with Gasteiger partial charge in [0.15, 0.2) is 0 Å². The van der Waals surface area contributed by atoms with E-state index in [1.807, 2.05) is 48.5 Å². The van der Waals surface area contributed by atoms with Crippen LogP contribution in [0, 0.1) is 10.8 Å². The largest absolute Gasteiger partial charge is 0.491 e. The van der Waals surface area contributed by atoms with Gasteiger partial charge in [-0.3, -0.25) is 14.4 Å². The van der Waals surface area contributed by atoms with Crippen molar-refractivity contribution in [1.29, 1.82) is 5.41 Å². The highest BCUT2D eigenvalue weighted by atomic mass is 16.5. The Hall–Kier alpha value is -3.72. The molecular weight excluding hydrogens is 458 g/mol. The van der Waals surface area contributed by atoms with Crippen molar-refractivity contribution in [2.75, 3.05) is 26.7 Å². The molecule has 0 spiro atoms. The topological polar surface area (TPSA) is 138 Å². The smallest absolute Gasteiger partial charge is 0.248 e. The highest BCUT2D eigenvalue weighted by Crippen LogP contribution is 2.32. The molecule has 1 fully saturated rings. The Kier molecular flexibility index (Phi) is 8.47. The Morgan fingerprint density at radius 1 is 1.11 bits per heavy atom. The summed E-state index contributed by atoms with van der Waals surface area (Å²) in [7, 11) is 1.53. The van der Waals surface area contributed by atoms with Crippen molar-refractivity contribution in [3.05, 3.63) is 66.2 Å². The van der Waals surface area contributed by atoms with Crippen LogP contribution in [0.15, 0.2) is 60.7 Å². The van der Waals surface area contributed by atoms with Crippen molar-refractivity contribution < 1.29 is 19.1 Å². The van der Waals surface area contributed by atoms with E-state index >= 15 is 0 Å². The number of ether oxygens (including phenoxy) is 1. The van der Waals surface area contributed by atoms with Crippen molar-refractivity contribution in [2.45, 2.75) is 38.3 Å². The number of hydrogen-bond acceptors (Lipinski definition) is 6. The Labute approximate surface area is 211 Å². The van der Waals surface area contributed by atoms with Crippen LogP contribution in [0.25, 0.3) is 0 Å². The van der Waals surface area contributed by atoms with Crippen LogP contribution in [0.4, 0.5) is 0 Å². The highest BCUT2D eigenvalue weighted by Gasteiger charge is 2.48. The van der Waals surface area contributed by atoms with Crippen LogP contribution >= 0.6 is 0 Å². The predicted octanol–water partition coefficient (Wildman–Crippen LogP) is 1.51. The number of benzene rings is 2. The fourth-order valence-corrected chi connectivity index (χ4v) is 4.25. The quantitative estimate of drug-likeness (QED) is 0.420. The number of nitrogens with one attached hydrogen (secondary N) is 3. The second-order valence-corrected chi connectivity index (χ2v) is 9.68. The number of para-hydroxylation sites is 1. The minimum atomic E-state index is -1.22. The van der Waals surface area contributed by atoms with Crippen molar-refractivity contribution in [3.63, 3.8) is 0 Å². The second-order valence-electron chi connectivity index (χ2n) is 9.68. The number of nitrogens with two attached hydrogens (primary N) is 1. The minimum Gasteiger partial charge on any atom is -0.491 e. The zero-order valence-corrected chi connectivity index (χ0v) is 21.0. The van der Waals surface area contributed by atoms with Crippen molar-refractivity contribution in [3.8, 4) is 5.75 Å². The van der Waals surface area contributed by atoms with E-state index in [-0.39, 0.29) is 44.2 Å². The highest BCUT2D eigenvalue weighted by molar-refractivity contribution is 6.09. The van der Waals surface area contributed by atoms with E-state index in [2.05, 4.69) is 10.6 Å². The molecule has 1 saturated heterocycles. The third-order valence-electron chi connectivity index (χ3n) is 6.34. The van der Waals surface area contributed by atoms with E-state index < -0.39 is 28.8 Å². The van der Waals surface area contributed by atoms with Crippen molar-refractivity contribution in [2.24, 2.45) is 11.1 Å². The van der Waals surface area contributed by atoms with Crippen LogP contribution in [0.1, 0.15) is 25.8 Å². The zero-order valence-electron chi connectivity index (χ0n) is 21.0. The van der Waals surface area contributed by atoms with Crippen molar-refractivity contribution in [1.82, 2.24) is 15.5 Å². The summed E-state index contributed by atoms with van der Waals surface area (Å²) in [5, 5.41) is 14.1. The fourth-order valence-electron chi connectivity index (χ4n) is 4.25. The van der Waals surface area contributed by atoms with Crippen LogP contribution in [-0.2, 0) is 20.8 Å². The van der Waals surface area contributed by atoms with Crippen LogP contribution < -0.4 is 21.1 Å². The van der Waals surface area contributed by atoms with Gasteiger partial charge in [0.1, 0.15) is 23.8 Å². The van der Waals surface area contributed by atoms with E-state index in [0.717, 1.165) is 5.56 Å². The number of carbonyl (C=O) groups excluding carboxylic acids is 3. The number of piperidine rings is 1. The molecule has 0 radical (unpaired) electrons. The number of likely N-dealkylation sites (tertiary alicyclic amines) is 1. The SMILES string of the molecule is CNC(=O)[C@]1(Cc2ccccc2)CN(C(=O)[C@@H](COc2ccccc2)NC(=O)C(C)(C)N)CCC1=N. The Bertz CT molecular complexity index is 1070. The maximum Gasteiger partial charge on any atom is 0.248 e. The third-order valence-corrected chi connectivity index (χ3v) is 6.34. The van der Waals surface area contributed by atoms with Gasteiger partial charge in [-0.15, -0.1) is 0 Å². The Balaban J connectivity index is 1.87. The first-order chi connectivity index (χ1) is 17.1. The summed E-state index contributed by atoms with van der Waals surface area (Å²) < 4.78 is 5.81. The standard InChI is InChI=1S/C27H35N5O4/c1-26(2,29)24(34)31-21(17-36-20-12-8-5-9-13-20)23(33)32-15-14-22(28)27(18-32,25(35)30-3)16-19-10-6-4-7-11-19/h4-13,21,28H,14-18,29H2,1-3H3,(H,30,35)(H,31,34)/t21-,27-/m1/s1. The number of carbonyl (C=O) groups is 3.